The number of aliphatic carboxylic acids is 1. The molecule has 4 heteroatoms. The van der Waals surface area contributed by atoms with Gasteiger partial charge in [-0.25, -0.2) is 0 Å². The molecule has 11 heavy (non-hydrogen) atoms. The fraction of sp³-hybridized carbons (Fsp3) is 0.857. The highest BCUT2D eigenvalue weighted by Gasteiger charge is 2.48. The van der Waals surface area contributed by atoms with E-state index in [2.05, 4.69) is 5.32 Å². The molecule has 1 saturated heterocycles. The van der Waals surface area contributed by atoms with Gasteiger partial charge in [-0.1, -0.05) is 0 Å². The predicted molar refractivity (Wildman–Crippen MR) is 37.1 cm³/mol. The molecule has 3 N–H and O–H groups in total. The van der Waals surface area contributed by atoms with Crippen LogP contribution in [0.5, 0.6) is 0 Å². The number of hydrogen-bond acceptors (Lipinski definition) is 3. The summed E-state index contributed by atoms with van der Waals surface area (Å²) >= 11 is 0. The lowest BCUT2D eigenvalue weighted by molar-refractivity contribution is -0.141. The molecule has 1 aliphatic carbocycles. The van der Waals surface area contributed by atoms with E-state index in [-0.39, 0.29) is 12.0 Å². The molecule has 1 aliphatic heterocycles. The normalized spacial score (nSPS) is 48.1. The maximum absolute atomic E-state index is 10.6. The number of piperidine rings is 1. The number of carbonyl (C=O) groups is 1. The van der Waals surface area contributed by atoms with E-state index < -0.39 is 18.1 Å². The highest BCUT2D eigenvalue weighted by atomic mass is 16.4. The van der Waals surface area contributed by atoms with Crippen LogP contribution >= 0.6 is 0 Å². The molecule has 2 bridgehead atoms. The van der Waals surface area contributed by atoms with Gasteiger partial charge in [-0.15, -0.1) is 0 Å². The zero-order valence-electron chi connectivity index (χ0n) is 6.03. The smallest absolute Gasteiger partial charge is 0.321 e. The Labute approximate surface area is 64.2 Å². The predicted octanol–water partition coefficient (Wildman–Crippen LogP) is -0.818. The number of rotatable bonds is 1. The third-order valence-electron chi connectivity index (χ3n) is 2.69. The summed E-state index contributed by atoms with van der Waals surface area (Å²) in [4.78, 5) is 10.6. The number of fused-ring (bicyclic) bond motifs is 2. The molecule has 0 spiro atoms. The van der Waals surface area contributed by atoms with Crippen LogP contribution in [0.4, 0.5) is 0 Å². The molecular formula is C7H11NO3. The highest BCUT2D eigenvalue weighted by molar-refractivity contribution is 5.74. The van der Waals surface area contributed by atoms with Gasteiger partial charge < -0.3 is 15.5 Å². The molecular weight excluding hydrogens is 146 g/mol. The fourth-order valence-electron chi connectivity index (χ4n) is 2.17. The van der Waals surface area contributed by atoms with E-state index in [4.69, 9.17) is 5.11 Å². The van der Waals surface area contributed by atoms with Crippen LogP contribution in [-0.4, -0.2) is 34.4 Å². The number of nitrogens with one attached hydrogen (secondary N) is 1. The van der Waals surface area contributed by atoms with Gasteiger partial charge in [0, 0.05) is 12.0 Å². The second-order valence-electron chi connectivity index (χ2n) is 3.38. The average Bonchev–Trinajstić information content (AvgIpc) is 2.43. The van der Waals surface area contributed by atoms with E-state index in [1.54, 1.807) is 0 Å². The van der Waals surface area contributed by atoms with Gasteiger partial charge in [-0.2, -0.15) is 0 Å². The Morgan fingerprint density at radius 3 is 2.55 bits per heavy atom. The summed E-state index contributed by atoms with van der Waals surface area (Å²) in [6, 6.07) is -0.278. The first kappa shape index (κ1) is 7.06. The highest BCUT2D eigenvalue weighted by Crippen LogP contribution is 2.35. The molecule has 1 saturated carbocycles. The van der Waals surface area contributed by atoms with E-state index in [9.17, 15) is 9.90 Å². The Hall–Kier alpha value is -0.610. The number of carboxylic acids is 1. The first-order valence-corrected chi connectivity index (χ1v) is 3.85. The average molecular weight is 157 g/mol. The molecule has 0 aromatic rings. The van der Waals surface area contributed by atoms with Crippen molar-refractivity contribution in [3.8, 4) is 0 Å². The lowest BCUT2D eigenvalue weighted by Crippen LogP contribution is -2.46. The van der Waals surface area contributed by atoms with Gasteiger partial charge in [0.25, 0.3) is 0 Å². The quantitative estimate of drug-likeness (QED) is 0.465. The van der Waals surface area contributed by atoms with Crippen LogP contribution in [-0.2, 0) is 4.79 Å². The van der Waals surface area contributed by atoms with E-state index in [1.165, 1.54) is 0 Å². The largest absolute Gasteiger partial charge is 0.480 e. The van der Waals surface area contributed by atoms with E-state index in [0.717, 1.165) is 6.42 Å². The molecule has 4 nitrogen and oxygen atoms in total. The summed E-state index contributed by atoms with van der Waals surface area (Å²) < 4.78 is 0. The molecule has 1 heterocycles. The summed E-state index contributed by atoms with van der Waals surface area (Å²) in [6.07, 6.45) is 1.13. The van der Waals surface area contributed by atoms with Gasteiger partial charge in [0.15, 0.2) is 0 Å². The van der Waals surface area contributed by atoms with Crippen LogP contribution < -0.4 is 5.32 Å². The number of aliphatic hydroxyl groups excluding tert-OH is 1. The van der Waals surface area contributed by atoms with Crippen LogP contribution in [0.3, 0.4) is 0 Å². The monoisotopic (exact) mass is 157 g/mol. The molecule has 4 atom stereocenters. The van der Waals surface area contributed by atoms with Crippen LogP contribution in [0.2, 0.25) is 0 Å². The zero-order valence-corrected chi connectivity index (χ0v) is 6.03. The standard InChI is InChI=1S/C7H11NO3/c9-5-2-3-1-4(5)6(8-3)7(10)11/h3-6,8-9H,1-2H2,(H,10,11)/t3-,4+,5+,6-/m0/s1. The minimum absolute atomic E-state index is 0.0579. The fourth-order valence-corrected chi connectivity index (χ4v) is 2.17. The minimum atomic E-state index is -0.837. The maximum atomic E-state index is 10.6. The Balaban J connectivity index is 2.12. The summed E-state index contributed by atoms with van der Waals surface area (Å²) in [7, 11) is 0. The molecule has 0 aromatic carbocycles. The second-order valence-corrected chi connectivity index (χ2v) is 3.38. The van der Waals surface area contributed by atoms with Crippen LogP contribution in [0.15, 0.2) is 0 Å². The Morgan fingerprint density at radius 1 is 1.45 bits per heavy atom. The Morgan fingerprint density at radius 2 is 2.18 bits per heavy atom. The molecule has 0 amide bonds. The molecule has 62 valence electrons. The molecule has 2 aliphatic rings. The van der Waals surface area contributed by atoms with Crippen molar-refractivity contribution in [3.63, 3.8) is 0 Å². The van der Waals surface area contributed by atoms with Gasteiger partial charge >= 0.3 is 5.97 Å². The first-order chi connectivity index (χ1) is 5.18. The van der Waals surface area contributed by atoms with Gasteiger partial charge in [0.05, 0.1) is 6.10 Å². The van der Waals surface area contributed by atoms with Gasteiger partial charge in [0.1, 0.15) is 6.04 Å². The molecule has 2 rings (SSSR count). The summed E-state index contributed by atoms with van der Waals surface area (Å²) in [5.41, 5.74) is 0. The molecule has 2 fully saturated rings. The van der Waals surface area contributed by atoms with Gasteiger partial charge in [-0.05, 0) is 12.8 Å². The van der Waals surface area contributed by atoms with Crippen molar-refractivity contribution in [2.45, 2.75) is 31.0 Å². The maximum Gasteiger partial charge on any atom is 0.321 e. The Kier molecular flexibility index (Phi) is 1.40. The van der Waals surface area contributed by atoms with Crippen molar-refractivity contribution in [2.24, 2.45) is 5.92 Å². The summed E-state index contributed by atoms with van der Waals surface area (Å²) in [5, 5.41) is 21.0. The molecule has 0 unspecified atom stereocenters. The minimum Gasteiger partial charge on any atom is -0.480 e. The van der Waals surface area contributed by atoms with Crippen molar-refractivity contribution < 1.29 is 15.0 Å². The SMILES string of the molecule is O=C(O)[C@H]1N[C@H]2C[C@@H]1[C@H](O)C2. The lowest BCUT2D eigenvalue weighted by Gasteiger charge is -2.23. The Bertz CT molecular complexity index is 194. The first-order valence-electron chi connectivity index (χ1n) is 3.85. The second kappa shape index (κ2) is 2.19. The summed E-state index contributed by atoms with van der Waals surface area (Å²) in [6.45, 7) is 0. The third kappa shape index (κ3) is 0.937. The van der Waals surface area contributed by atoms with Crippen LogP contribution in [0.25, 0.3) is 0 Å². The topological polar surface area (TPSA) is 69.6 Å². The number of hydrogen-bond donors (Lipinski definition) is 3. The third-order valence-corrected chi connectivity index (χ3v) is 2.69. The number of carboxylic acid groups (broad SMARTS) is 1. The molecule has 0 radical (unpaired) electrons. The molecule has 0 aromatic heterocycles. The van der Waals surface area contributed by atoms with E-state index >= 15 is 0 Å². The number of aliphatic hydroxyl groups is 1. The van der Waals surface area contributed by atoms with Crippen molar-refractivity contribution in [2.75, 3.05) is 0 Å². The van der Waals surface area contributed by atoms with Crippen molar-refractivity contribution in [3.05, 3.63) is 0 Å². The van der Waals surface area contributed by atoms with E-state index in [0.29, 0.717) is 6.42 Å². The van der Waals surface area contributed by atoms with Crippen LogP contribution in [0.1, 0.15) is 12.8 Å². The summed E-state index contributed by atoms with van der Waals surface area (Å²) in [5.74, 6) is -0.895. The van der Waals surface area contributed by atoms with Crippen LogP contribution in [0, 0.1) is 5.92 Å². The van der Waals surface area contributed by atoms with Crippen molar-refractivity contribution >= 4 is 5.97 Å². The van der Waals surface area contributed by atoms with Gasteiger partial charge in [0.2, 0.25) is 0 Å². The lowest BCUT2D eigenvalue weighted by atomic mass is 9.98. The zero-order chi connectivity index (χ0) is 8.01. The van der Waals surface area contributed by atoms with Crippen molar-refractivity contribution in [1.29, 1.82) is 0 Å². The van der Waals surface area contributed by atoms with E-state index in [1.807, 2.05) is 0 Å². The van der Waals surface area contributed by atoms with Crippen molar-refractivity contribution in [1.82, 2.24) is 5.32 Å². The van der Waals surface area contributed by atoms with Gasteiger partial charge in [-0.3, -0.25) is 4.79 Å².